The second kappa shape index (κ2) is 7.93. The van der Waals surface area contributed by atoms with E-state index < -0.39 is 6.04 Å². The summed E-state index contributed by atoms with van der Waals surface area (Å²) < 4.78 is 0. The summed E-state index contributed by atoms with van der Waals surface area (Å²) in [5, 5.41) is 15.1. The van der Waals surface area contributed by atoms with Crippen LogP contribution in [0.3, 0.4) is 0 Å². The van der Waals surface area contributed by atoms with Gasteiger partial charge in [-0.15, -0.1) is 0 Å². The zero-order valence-electron chi connectivity index (χ0n) is 15.6. The standard InChI is InChI=1S/C21H23N5O2/c22-11-18(13-9-10-13)26-20(27)14-5-1-2-6-15(14)25-21(28)19-12-23-16-7-3-4-8-17(16)24-19/h3-4,7-8,12-15,18H,1-2,5-6,9-10H2,(H,25,28)(H,26,27)/t14-,15?,18-/m1/s1. The molecule has 1 aromatic heterocycles. The van der Waals surface area contributed by atoms with Crippen LogP contribution in [0, 0.1) is 23.2 Å². The van der Waals surface area contributed by atoms with Gasteiger partial charge in [0.15, 0.2) is 0 Å². The van der Waals surface area contributed by atoms with Gasteiger partial charge in [-0.05, 0) is 43.7 Å². The van der Waals surface area contributed by atoms with Gasteiger partial charge in [-0.1, -0.05) is 25.0 Å². The van der Waals surface area contributed by atoms with Crippen molar-refractivity contribution in [3.63, 3.8) is 0 Å². The van der Waals surface area contributed by atoms with Crippen molar-refractivity contribution in [3.05, 3.63) is 36.2 Å². The molecule has 0 saturated heterocycles. The monoisotopic (exact) mass is 377 g/mol. The van der Waals surface area contributed by atoms with E-state index in [-0.39, 0.29) is 35.4 Å². The highest BCUT2D eigenvalue weighted by molar-refractivity contribution is 5.94. The lowest BCUT2D eigenvalue weighted by Crippen LogP contribution is -2.50. The van der Waals surface area contributed by atoms with E-state index in [1.807, 2.05) is 24.3 Å². The van der Waals surface area contributed by atoms with E-state index in [4.69, 9.17) is 0 Å². The summed E-state index contributed by atoms with van der Waals surface area (Å²) in [7, 11) is 0. The largest absolute Gasteiger partial charge is 0.347 e. The smallest absolute Gasteiger partial charge is 0.271 e. The summed E-state index contributed by atoms with van der Waals surface area (Å²) in [5.74, 6) is -0.491. The van der Waals surface area contributed by atoms with E-state index in [0.717, 1.165) is 37.6 Å². The lowest BCUT2D eigenvalue weighted by atomic mass is 9.83. The number of nitriles is 1. The molecule has 0 aliphatic heterocycles. The number of hydrogen-bond acceptors (Lipinski definition) is 5. The molecule has 144 valence electrons. The molecule has 2 N–H and O–H groups in total. The van der Waals surface area contributed by atoms with Crippen LogP contribution in [0.2, 0.25) is 0 Å². The van der Waals surface area contributed by atoms with E-state index in [0.29, 0.717) is 11.9 Å². The molecule has 2 aliphatic carbocycles. The molecule has 1 heterocycles. The minimum Gasteiger partial charge on any atom is -0.347 e. The van der Waals surface area contributed by atoms with Crippen LogP contribution in [0.25, 0.3) is 11.0 Å². The third kappa shape index (κ3) is 3.96. The number of hydrogen-bond donors (Lipinski definition) is 2. The Kier molecular flexibility index (Phi) is 5.20. The first-order chi connectivity index (χ1) is 13.7. The molecule has 0 radical (unpaired) electrons. The molecule has 2 aromatic rings. The summed E-state index contributed by atoms with van der Waals surface area (Å²) in [4.78, 5) is 34.2. The van der Waals surface area contributed by atoms with Gasteiger partial charge in [-0.25, -0.2) is 4.98 Å². The Bertz CT molecular complexity index is 934. The molecule has 1 unspecified atom stereocenters. The first-order valence-electron chi connectivity index (χ1n) is 9.88. The highest BCUT2D eigenvalue weighted by Crippen LogP contribution is 2.33. The fourth-order valence-electron chi connectivity index (χ4n) is 3.87. The maximum atomic E-state index is 12.8. The predicted molar refractivity (Wildman–Crippen MR) is 103 cm³/mol. The Morgan fingerprint density at radius 1 is 1.11 bits per heavy atom. The molecule has 4 rings (SSSR count). The Labute approximate surface area is 163 Å². The van der Waals surface area contributed by atoms with Gasteiger partial charge in [0.05, 0.1) is 29.2 Å². The molecule has 2 aliphatic rings. The maximum absolute atomic E-state index is 12.8. The van der Waals surface area contributed by atoms with Crippen LogP contribution in [0.5, 0.6) is 0 Å². The molecule has 7 heteroatoms. The van der Waals surface area contributed by atoms with Crippen LogP contribution < -0.4 is 10.6 Å². The molecule has 0 spiro atoms. The number of carbonyl (C=O) groups excluding carboxylic acids is 2. The summed E-state index contributed by atoms with van der Waals surface area (Å²) in [6, 6.07) is 8.90. The van der Waals surface area contributed by atoms with Crippen molar-refractivity contribution in [1.29, 1.82) is 5.26 Å². The molecule has 1 aromatic carbocycles. The highest BCUT2D eigenvalue weighted by Gasteiger charge is 2.37. The van der Waals surface area contributed by atoms with Crippen LogP contribution in [0.15, 0.2) is 30.5 Å². The summed E-state index contributed by atoms with van der Waals surface area (Å²) >= 11 is 0. The molecule has 3 atom stereocenters. The first kappa shape index (κ1) is 18.4. The Morgan fingerprint density at radius 2 is 1.86 bits per heavy atom. The minimum atomic E-state index is -0.419. The molecule has 28 heavy (non-hydrogen) atoms. The number of nitrogens with one attached hydrogen (secondary N) is 2. The summed E-state index contributed by atoms with van der Waals surface area (Å²) in [6.45, 7) is 0. The number of benzene rings is 1. The number of amides is 2. The Hall–Kier alpha value is -3.01. The van der Waals surface area contributed by atoms with Gasteiger partial charge in [0.1, 0.15) is 11.7 Å². The molecule has 2 amide bonds. The number of aromatic nitrogens is 2. The van der Waals surface area contributed by atoms with Crippen LogP contribution in [0.1, 0.15) is 49.0 Å². The third-order valence-electron chi connectivity index (χ3n) is 5.63. The van der Waals surface area contributed by atoms with Gasteiger partial charge in [0, 0.05) is 6.04 Å². The predicted octanol–water partition coefficient (Wildman–Crippen LogP) is 2.34. The second-order valence-electron chi connectivity index (χ2n) is 7.67. The van der Waals surface area contributed by atoms with E-state index >= 15 is 0 Å². The average molecular weight is 377 g/mol. The van der Waals surface area contributed by atoms with E-state index in [2.05, 4.69) is 26.7 Å². The average Bonchev–Trinajstić information content (AvgIpc) is 3.57. The van der Waals surface area contributed by atoms with Crippen molar-refractivity contribution in [2.24, 2.45) is 11.8 Å². The SMILES string of the molecule is N#C[C@@H](NC(=O)[C@@H]1CCCCC1NC(=O)c1cnc2ccccc2n1)C1CC1. The number of nitrogens with zero attached hydrogens (tertiary/aromatic N) is 3. The quantitative estimate of drug-likeness (QED) is 0.831. The van der Waals surface area contributed by atoms with Gasteiger partial charge < -0.3 is 10.6 Å². The van der Waals surface area contributed by atoms with E-state index in [9.17, 15) is 14.9 Å². The molecule has 2 saturated carbocycles. The minimum absolute atomic E-state index is 0.131. The first-order valence-corrected chi connectivity index (χ1v) is 9.88. The Morgan fingerprint density at radius 3 is 2.61 bits per heavy atom. The normalized spacial score (nSPS) is 22.8. The van der Waals surface area contributed by atoms with Crippen molar-refractivity contribution in [1.82, 2.24) is 20.6 Å². The van der Waals surface area contributed by atoms with Gasteiger partial charge in [-0.2, -0.15) is 5.26 Å². The Balaban J connectivity index is 1.45. The van der Waals surface area contributed by atoms with Gasteiger partial charge >= 0.3 is 0 Å². The maximum Gasteiger partial charge on any atom is 0.271 e. The van der Waals surface area contributed by atoms with Crippen molar-refractivity contribution in [3.8, 4) is 6.07 Å². The fourth-order valence-corrected chi connectivity index (χ4v) is 3.87. The zero-order valence-corrected chi connectivity index (χ0v) is 15.6. The van der Waals surface area contributed by atoms with Crippen molar-refractivity contribution in [2.75, 3.05) is 0 Å². The van der Waals surface area contributed by atoms with E-state index in [1.165, 1.54) is 6.20 Å². The van der Waals surface area contributed by atoms with Crippen LogP contribution in [0.4, 0.5) is 0 Å². The summed E-state index contributed by atoms with van der Waals surface area (Å²) in [5.41, 5.74) is 1.64. The molecular weight excluding hydrogens is 354 g/mol. The number of fused-ring (bicyclic) bond motifs is 1. The topological polar surface area (TPSA) is 108 Å². The van der Waals surface area contributed by atoms with Gasteiger partial charge in [-0.3, -0.25) is 14.6 Å². The second-order valence-corrected chi connectivity index (χ2v) is 7.67. The number of rotatable bonds is 5. The zero-order chi connectivity index (χ0) is 19.5. The van der Waals surface area contributed by atoms with Crippen LogP contribution in [-0.2, 0) is 4.79 Å². The fraction of sp³-hybridized carbons (Fsp3) is 0.476. The number of para-hydroxylation sites is 2. The highest BCUT2D eigenvalue weighted by atomic mass is 16.2. The molecular formula is C21H23N5O2. The van der Waals surface area contributed by atoms with Crippen LogP contribution >= 0.6 is 0 Å². The van der Waals surface area contributed by atoms with Crippen molar-refractivity contribution < 1.29 is 9.59 Å². The molecule has 0 bridgehead atoms. The van der Waals surface area contributed by atoms with Gasteiger partial charge in [0.2, 0.25) is 5.91 Å². The lowest BCUT2D eigenvalue weighted by Gasteiger charge is -2.31. The van der Waals surface area contributed by atoms with Crippen LogP contribution in [-0.4, -0.2) is 33.9 Å². The van der Waals surface area contributed by atoms with Gasteiger partial charge in [0.25, 0.3) is 5.91 Å². The third-order valence-corrected chi connectivity index (χ3v) is 5.63. The molecule has 7 nitrogen and oxygen atoms in total. The molecule has 2 fully saturated rings. The van der Waals surface area contributed by atoms with E-state index in [1.54, 1.807) is 0 Å². The number of carbonyl (C=O) groups is 2. The van der Waals surface area contributed by atoms with Crippen molar-refractivity contribution in [2.45, 2.75) is 50.6 Å². The lowest BCUT2D eigenvalue weighted by molar-refractivity contribution is -0.127. The summed E-state index contributed by atoms with van der Waals surface area (Å²) in [6.07, 6.45) is 6.81. The van der Waals surface area contributed by atoms with Crippen molar-refractivity contribution >= 4 is 22.8 Å².